The maximum absolute atomic E-state index is 12.5. The van der Waals surface area contributed by atoms with E-state index in [0.717, 1.165) is 4.57 Å². The molecule has 3 rings (SSSR count). The van der Waals surface area contributed by atoms with Crippen LogP contribution in [0.5, 0.6) is 0 Å². The molecule has 0 bridgehead atoms. The molecule has 2 radical (unpaired) electrons. The van der Waals surface area contributed by atoms with Crippen LogP contribution in [0.1, 0.15) is 0 Å². The van der Waals surface area contributed by atoms with Crippen molar-refractivity contribution in [2.24, 2.45) is 0 Å². The van der Waals surface area contributed by atoms with Gasteiger partial charge in [-0.15, -0.1) is 0 Å². The Morgan fingerprint density at radius 2 is 1.65 bits per heavy atom. The predicted octanol–water partition coefficient (Wildman–Crippen LogP) is 0.644. The van der Waals surface area contributed by atoms with Crippen LogP contribution >= 0.6 is 0 Å². The van der Waals surface area contributed by atoms with Crippen molar-refractivity contribution in [1.82, 2.24) is 14.3 Å². The molecule has 2 amide bonds. The summed E-state index contributed by atoms with van der Waals surface area (Å²) in [5.74, 6) is 0. The summed E-state index contributed by atoms with van der Waals surface area (Å²) in [6, 6.07) is 11.5. The third-order valence-corrected chi connectivity index (χ3v) is 3.72. The minimum atomic E-state index is -2.73. The Labute approximate surface area is 158 Å². The Hall–Kier alpha value is -2.87. The second kappa shape index (κ2) is 8.01. The fraction of sp³-hybridized carbons (Fsp3) is 0. The minimum Gasteiger partial charge on any atom is -0.403 e. The van der Waals surface area contributed by atoms with Gasteiger partial charge in [-0.25, -0.2) is 9.36 Å². The molecule has 26 heavy (non-hydrogen) atoms. The van der Waals surface area contributed by atoms with Crippen LogP contribution in [0.3, 0.4) is 0 Å². The predicted molar refractivity (Wildman–Crippen MR) is 96.8 cm³/mol. The quantitative estimate of drug-likeness (QED) is 0.449. The van der Waals surface area contributed by atoms with Gasteiger partial charge in [0.05, 0.1) is 16.6 Å². The number of urea groups is 1. The van der Waals surface area contributed by atoms with Gasteiger partial charge < -0.3 is 23.4 Å². The maximum atomic E-state index is 12.5. The first-order valence-corrected chi connectivity index (χ1v) is 8.04. The average molecular weight is 386 g/mol. The summed E-state index contributed by atoms with van der Waals surface area (Å²) in [6.45, 7) is 0. The maximum Gasteiger partial charge on any atom is 1.00 e. The molecule has 1 aromatic heterocycles. The van der Waals surface area contributed by atoms with Crippen LogP contribution in [-0.2, 0) is 19.3 Å². The van der Waals surface area contributed by atoms with Crippen LogP contribution < -0.4 is 21.3 Å². The number of nitrogens with zero attached hydrogens (tertiary/aromatic N) is 1. The molecule has 3 N–H and O–H groups in total. The van der Waals surface area contributed by atoms with Gasteiger partial charge in [-0.1, -0.05) is 12.1 Å². The van der Waals surface area contributed by atoms with Crippen LogP contribution in [0.2, 0.25) is 0 Å². The van der Waals surface area contributed by atoms with Crippen LogP contribution in [0.4, 0.5) is 10.5 Å². The monoisotopic (exact) mass is 386 g/mol. The molecule has 11 heteroatoms. The number of amides is 2. The van der Waals surface area contributed by atoms with E-state index in [2.05, 4.69) is 10.3 Å². The van der Waals surface area contributed by atoms with Crippen molar-refractivity contribution < 1.29 is 13.2 Å². The largest absolute Gasteiger partial charge is 1.00 e. The van der Waals surface area contributed by atoms with E-state index in [4.69, 9.17) is 0 Å². The van der Waals surface area contributed by atoms with E-state index in [-0.39, 0.29) is 23.0 Å². The van der Waals surface area contributed by atoms with E-state index in [0.29, 0.717) is 16.6 Å². The van der Waals surface area contributed by atoms with Gasteiger partial charge in [-0.2, -0.15) is 0 Å². The first-order valence-electron chi connectivity index (χ1n) is 6.97. The molecule has 1 heterocycles. The number of para-hydroxylation sites is 1. The molecule has 0 spiro atoms. The fourth-order valence-corrected chi connectivity index (χ4v) is 2.53. The van der Waals surface area contributed by atoms with Gasteiger partial charge >= 0.3 is 29.1 Å². The summed E-state index contributed by atoms with van der Waals surface area (Å²) in [6.07, 6.45) is 0. The molecule has 0 unspecified atom stereocenters. The molecule has 0 fully saturated rings. The number of fused-ring (bicyclic) bond motifs is 1. The van der Waals surface area contributed by atoms with Crippen LogP contribution in [0.25, 0.3) is 16.6 Å². The molecular weight excluding hydrogens is 375 g/mol. The number of hydrogen-bond donors (Lipinski definition) is 3. The summed E-state index contributed by atoms with van der Waals surface area (Å²) >= 11 is 0. The number of carbonyl (C=O) groups excluding carboxylic acids is 1. The number of H-pyrrole nitrogens is 1. The Bertz CT molecular complexity index is 1140. The van der Waals surface area contributed by atoms with Gasteiger partial charge in [-0.3, -0.25) is 9.59 Å². The van der Waals surface area contributed by atoms with Crippen molar-refractivity contribution in [3.63, 3.8) is 0 Å². The zero-order valence-corrected chi connectivity index (χ0v) is 15.1. The second-order valence-corrected chi connectivity index (χ2v) is 5.63. The smallest absolute Gasteiger partial charge is 0.403 e. The average Bonchev–Trinajstić information content (AvgIpc) is 2.55. The van der Waals surface area contributed by atoms with Crippen molar-refractivity contribution in [2.75, 3.05) is 5.32 Å². The van der Waals surface area contributed by atoms with Gasteiger partial charge in [0.15, 0.2) is 0 Å². The van der Waals surface area contributed by atoms with E-state index in [1.807, 2.05) is 0 Å². The number of aromatic nitrogens is 2. The summed E-state index contributed by atoms with van der Waals surface area (Å²) in [4.78, 5) is 38.7. The van der Waals surface area contributed by atoms with Crippen LogP contribution in [0, 0.1) is 0 Å². The molecular formula is C15H11AlN4O5S. The first-order chi connectivity index (χ1) is 12.0. The molecule has 9 nitrogen and oxygen atoms in total. The van der Waals surface area contributed by atoms with E-state index in [1.54, 1.807) is 29.0 Å². The topological polar surface area (TPSA) is 130 Å². The van der Waals surface area contributed by atoms with Gasteiger partial charge in [0.2, 0.25) is 0 Å². The SMILES string of the molecule is O=C(Nc1ccc(-n2c(=O)[nH]c3ccccc3c2=O)cc1)N[S-](=O)=O.[Al+]. The molecule has 0 aliphatic carbocycles. The number of aromatic amines is 1. The zero-order chi connectivity index (χ0) is 18.0. The van der Waals surface area contributed by atoms with Gasteiger partial charge in [0, 0.05) is 16.6 Å². The first kappa shape index (κ1) is 19.5. The molecule has 0 atom stereocenters. The van der Waals surface area contributed by atoms with Gasteiger partial charge in [-0.05, 0) is 36.4 Å². The van der Waals surface area contributed by atoms with Crippen LogP contribution in [0.15, 0.2) is 58.1 Å². The van der Waals surface area contributed by atoms with Crippen molar-refractivity contribution in [2.45, 2.75) is 0 Å². The second-order valence-electron chi connectivity index (χ2n) is 4.95. The Morgan fingerprint density at radius 3 is 2.31 bits per heavy atom. The number of hydrogen-bond acceptors (Lipinski definition) is 6. The van der Waals surface area contributed by atoms with Gasteiger partial charge in [0.25, 0.3) is 5.56 Å². The fourth-order valence-electron chi connectivity index (χ4n) is 2.32. The normalized spacial score (nSPS) is 10.3. The minimum absolute atomic E-state index is 0. The summed E-state index contributed by atoms with van der Waals surface area (Å²) in [5.41, 5.74) is -0.0369. The van der Waals surface area contributed by atoms with Gasteiger partial charge in [0.1, 0.15) is 0 Å². The molecule has 3 aromatic rings. The van der Waals surface area contributed by atoms with Crippen molar-refractivity contribution in [3.05, 3.63) is 69.4 Å². The summed E-state index contributed by atoms with van der Waals surface area (Å²) in [5, 5.41) is 2.66. The van der Waals surface area contributed by atoms with E-state index in [9.17, 15) is 22.8 Å². The van der Waals surface area contributed by atoms with E-state index >= 15 is 0 Å². The van der Waals surface area contributed by atoms with Crippen molar-refractivity contribution in [3.8, 4) is 5.69 Å². The Morgan fingerprint density at radius 1 is 1.00 bits per heavy atom. The third kappa shape index (κ3) is 4.02. The van der Waals surface area contributed by atoms with Crippen molar-refractivity contribution >= 4 is 50.9 Å². The number of benzene rings is 2. The number of rotatable bonds is 3. The molecule has 130 valence electrons. The number of carbonyl (C=O) groups is 1. The van der Waals surface area contributed by atoms with Crippen LogP contribution in [-0.4, -0.2) is 32.9 Å². The Balaban J connectivity index is 0.00000243. The molecule has 0 saturated heterocycles. The third-order valence-electron chi connectivity index (χ3n) is 3.36. The summed E-state index contributed by atoms with van der Waals surface area (Å²) < 4.78 is 23.3. The number of nitrogens with one attached hydrogen (secondary N) is 3. The molecule has 2 aromatic carbocycles. The Kier molecular flexibility index (Phi) is 5.99. The zero-order valence-electron chi connectivity index (χ0n) is 13.1. The number of anilines is 1. The van der Waals surface area contributed by atoms with Crippen molar-refractivity contribution in [1.29, 1.82) is 0 Å². The molecule has 0 saturated carbocycles. The van der Waals surface area contributed by atoms with E-state index < -0.39 is 28.2 Å². The molecule has 0 aliphatic heterocycles. The van der Waals surface area contributed by atoms with E-state index in [1.165, 1.54) is 24.3 Å². The summed E-state index contributed by atoms with van der Waals surface area (Å²) in [7, 11) is -2.73. The molecule has 0 aliphatic rings. The standard InChI is InChI=1S/C15H11N4O5S.Al/c20-13-11-3-1-2-4-12(11)17-15(22)19(13)10-7-5-9(6-8-10)16-14(21)18-25(23)24;/h1-8H,(H,17,22)(H2,16,18,21,23,24);/q-1;+1.